The van der Waals surface area contributed by atoms with Gasteiger partial charge in [0.15, 0.2) is 0 Å². The van der Waals surface area contributed by atoms with Crippen LogP contribution in [0.25, 0.3) is 28.4 Å². The number of amides is 1. The largest absolute Gasteiger partial charge is 0.280 e. The Balaban J connectivity index is 1.62. The second-order valence-electron chi connectivity index (χ2n) is 7.19. The van der Waals surface area contributed by atoms with Gasteiger partial charge in [-0.1, -0.05) is 78.9 Å². The summed E-state index contributed by atoms with van der Waals surface area (Å²) in [7, 11) is 0. The molecule has 6 nitrogen and oxygen atoms in total. The van der Waals surface area contributed by atoms with Crippen LogP contribution >= 0.6 is 0 Å². The maximum atomic E-state index is 13.3. The van der Waals surface area contributed by atoms with Crippen LogP contribution in [0.4, 0.5) is 0 Å². The molecule has 0 aliphatic heterocycles. The molecule has 1 amide bonds. The first kappa shape index (κ1) is 20.9. The number of para-hydroxylation sites is 1. The van der Waals surface area contributed by atoms with Crippen LogP contribution in [0.15, 0.2) is 101 Å². The molecule has 0 aliphatic carbocycles. The fraction of sp³-hybridized carbons (Fsp3) is 0.0769. The Hall–Kier alpha value is -4.32. The molecule has 4 aromatic rings. The van der Waals surface area contributed by atoms with Gasteiger partial charge in [-0.05, 0) is 30.7 Å². The van der Waals surface area contributed by atoms with E-state index in [1.165, 1.54) is 10.8 Å². The Labute approximate surface area is 185 Å². The highest BCUT2D eigenvalue weighted by Crippen LogP contribution is 2.21. The van der Waals surface area contributed by atoms with Crippen molar-refractivity contribution in [2.45, 2.75) is 13.0 Å². The highest BCUT2D eigenvalue weighted by molar-refractivity contribution is 5.85. The molecule has 3 aromatic carbocycles. The second kappa shape index (κ2) is 9.66. The van der Waals surface area contributed by atoms with Crippen molar-refractivity contribution in [1.29, 1.82) is 0 Å². The minimum absolute atomic E-state index is 0.273. The van der Waals surface area contributed by atoms with E-state index in [-0.39, 0.29) is 5.56 Å². The van der Waals surface area contributed by atoms with Crippen molar-refractivity contribution in [3.05, 3.63) is 107 Å². The minimum Gasteiger partial charge on any atom is -0.280 e. The average molecular weight is 422 g/mol. The molecule has 0 bridgehead atoms. The number of carbonyl (C=O) groups excluding carboxylic acids is 1. The van der Waals surface area contributed by atoms with Gasteiger partial charge in [0.2, 0.25) is 0 Å². The van der Waals surface area contributed by atoms with Crippen LogP contribution < -0.4 is 11.0 Å². The Morgan fingerprint density at radius 2 is 1.62 bits per heavy atom. The van der Waals surface area contributed by atoms with Crippen molar-refractivity contribution >= 4 is 29.1 Å². The van der Waals surface area contributed by atoms with Crippen LogP contribution in [0.2, 0.25) is 0 Å². The number of carbonyl (C=O) groups is 1. The Morgan fingerprint density at radius 3 is 2.38 bits per heavy atom. The summed E-state index contributed by atoms with van der Waals surface area (Å²) in [6.07, 6.45) is 5.11. The van der Waals surface area contributed by atoms with E-state index < -0.39 is 11.9 Å². The zero-order valence-electron chi connectivity index (χ0n) is 17.6. The van der Waals surface area contributed by atoms with Gasteiger partial charge in [-0.15, -0.1) is 0 Å². The standard InChI is InChI=1S/C26H22N4O2/c1-19(25(31)29-27-18-10-13-20-11-4-2-5-12-20)30-24(21-14-6-3-7-15-21)28-23-17-9-8-16-22(23)26(30)32/h2-19H,1H3,(H,29,31)/b13-10+,27-18?/t19-/m0/s1. The predicted octanol–water partition coefficient (Wildman–Crippen LogP) is 4.44. The van der Waals surface area contributed by atoms with Gasteiger partial charge in [-0.2, -0.15) is 5.10 Å². The van der Waals surface area contributed by atoms with Crippen LogP contribution in [0, 0.1) is 0 Å². The minimum atomic E-state index is -0.815. The zero-order chi connectivity index (χ0) is 22.3. The normalized spacial score (nSPS) is 12.4. The molecule has 1 N–H and O–H groups in total. The van der Waals surface area contributed by atoms with Gasteiger partial charge in [-0.25, -0.2) is 10.4 Å². The number of aromatic nitrogens is 2. The number of hydrazone groups is 1. The summed E-state index contributed by atoms with van der Waals surface area (Å²) in [5.74, 6) is 0.0237. The fourth-order valence-corrected chi connectivity index (χ4v) is 3.37. The van der Waals surface area contributed by atoms with Crippen molar-refractivity contribution in [2.24, 2.45) is 5.10 Å². The lowest BCUT2D eigenvalue weighted by atomic mass is 10.1. The van der Waals surface area contributed by atoms with Crippen LogP contribution in [0.5, 0.6) is 0 Å². The van der Waals surface area contributed by atoms with Crippen LogP contribution in [0.3, 0.4) is 0 Å². The predicted molar refractivity (Wildman–Crippen MR) is 128 cm³/mol. The number of allylic oxidation sites excluding steroid dienone is 1. The molecule has 1 heterocycles. The van der Waals surface area contributed by atoms with E-state index in [1.807, 2.05) is 72.8 Å². The molecular weight excluding hydrogens is 400 g/mol. The number of nitrogens with zero attached hydrogens (tertiary/aromatic N) is 3. The summed E-state index contributed by atoms with van der Waals surface area (Å²) < 4.78 is 1.42. The number of nitrogens with one attached hydrogen (secondary N) is 1. The third-order valence-electron chi connectivity index (χ3n) is 5.03. The summed E-state index contributed by atoms with van der Waals surface area (Å²) in [5, 5.41) is 4.44. The highest BCUT2D eigenvalue weighted by Gasteiger charge is 2.22. The lowest BCUT2D eigenvalue weighted by molar-refractivity contribution is -0.123. The molecule has 0 saturated carbocycles. The first-order chi connectivity index (χ1) is 15.6. The van der Waals surface area contributed by atoms with Gasteiger partial charge < -0.3 is 0 Å². The monoisotopic (exact) mass is 422 g/mol. The van der Waals surface area contributed by atoms with E-state index in [0.29, 0.717) is 16.7 Å². The molecule has 0 saturated heterocycles. The first-order valence-corrected chi connectivity index (χ1v) is 10.3. The molecule has 32 heavy (non-hydrogen) atoms. The molecule has 158 valence electrons. The number of benzene rings is 3. The SMILES string of the molecule is C[C@@H](C(=O)NN=C/C=C/c1ccccc1)n1c(-c2ccccc2)nc2ccccc2c1=O. The fourth-order valence-electron chi connectivity index (χ4n) is 3.37. The molecule has 0 spiro atoms. The number of rotatable bonds is 6. The third-order valence-corrected chi connectivity index (χ3v) is 5.03. The van der Waals surface area contributed by atoms with Crippen molar-refractivity contribution in [2.75, 3.05) is 0 Å². The maximum absolute atomic E-state index is 13.3. The summed E-state index contributed by atoms with van der Waals surface area (Å²) in [5.41, 5.74) is 4.61. The number of hydrogen-bond donors (Lipinski definition) is 1. The van der Waals surface area contributed by atoms with Crippen LogP contribution in [0.1, 0.15) is 18.5 Å². The van der Waals surface area contributed by atoms with Gasteiger partial charge in [0.05, 0.1) is 10.9 Å². The Morgan fingerprint density at radius 1 is 0.969 bits per heavy atom. The molecule has 4 rings (SSSR count). The van der Waals surface area contributed by atoms with Gasteiger partial charge >= 0.3 is 0 Å². The summed E-state index contributed by atoms with van der Waals surface area (Å²) in [4.78, 5) is 30.8. The second-order valence-corrected chi connectivity index (χ2v) is 7.19. The zero-order valence-corrected chi connectivity index (χ0v) is 17.6. The van der Waals surface area contributed by atoms with E-state index in [4.69, 9.17) is 0 Å². The first-order valence-electron chi connectivity index (χ1n) is 10.3. The molecule has 0 fully saturated rings. The van der Waals surface area contributed by atoms with Gasteiger partial charge in [0, 0.05) is 11.8 Å². The van der Waals surface area contributed by atoms with Crippen molar-refractivity contribution < 1.29 is 4.79 Å². The van der Waals surface area contributed by atoms with E-state index in [9.17, 15) is 9.59 Å². The lowest BCUT2D eigenvalue weighted by Crippen LogP contribution is -2.35. The number of fused-ring (bicyclic) bond motifs is 1. The lowest BCUT2D eigenvalue weighted by Gasteiger charge is -2.18. The molecule has 1 aromatic heterocycles. The average Bonchev–Trinajstić information content (AvgIpc) is 2.84. The van der Waals surface area contributed by atoms with Gasteiger partial charge in [-0.3, -0.25) is 14.2 Å². The topological polar surface area (TPSA) is 76.3 Å². The Bertz CT molecular complexity index is 1340. The van der Waals surface area contributed by atoms with E-state index in [2.05, 4.69) is 15.5 Å². The third kappa shape index (κ3) is 4.54. The van der Waals surface area contributed by atoms with Gasteiger partial charge in [0.25, 0.3) is 11.5 Å². The summed E-state index contributed by atoms with van der Waals surface area (Å²) >= 11 is 0. The highest BCUT2D eigenvalue weighted by atomic mass is 16.2. The molecular formula is C26H22N4O2. The van der Waals surface area contributed by atoms with Crippen molar-refractivity contribution in [3.8, 4) is 11.4 Å². The van der Waals surface area contributed by atoms with Crippen molar-refractivity contribution in [3.63, 3.8) is 0 Å². The Kier molecular flexibility index (Phi) is 6.32. The quantitative estimate of drug-likeness (QED) is 0.369. The van der Waals surface area contributed by atoms with E-state index in [1.54, 1.807) is 31.2 Å². The molecule has 0 radical (unpaired) electrons. The van der Waals surface area contributed by atoms with Crippen LogP contribution in [-0.2, 0) is 4.79 Å². The van der Waals surface area contributed by atoms with Gasteiger partial charge in [0.1, 0.15) is 11.9 Å². The molecule has 0 unspecified atom stereocenters. The summed E-state index contributed by atoms with van der Waals surface area (Å²) in [6.45, 7) is 1.66. The van der Waals surface area contributed by atoms with E-state index in [0.717, 1.165) is 11.1 Å². The van der Waals surface area contributed by atoms with Crippen LogP contribution in [-0.4, -0.2) is 21.7 Å². The number of hydrogen-bond acceptors (Lipinski definition) is 4. The summed E-state index contributed by atoms with van der Waals surface area (Å²) in [6, 6.07) is 25.4. The molecule has 1 atom stereocenters. The smallest absolute Gasteiger partial charge is 0.263 e. The van der Waals surface area contributed by atoms with Crippen molar-refractivity contribution in [1.82, 2.24) is 15.0 Å². The molecule has 0 aliphatic rings. The molecule has 6 heteroatoms. The maximum Gasteiger partial charge on any atom is 0.263 e. The van der Waals surface area contributed by atoms with E-state index >= 15 is 0 Å².